The zero-order chi connectivity index (χ0) is 15.7. The van der Waals surface area contributed by atoms with E-state index < -0.39 is 0 Å². The summed E-state index contributed by atoms with van der Waals surface area (Å²) in [6.07, 6.45) is 1.18. The van der Waals surface area contributed by atoms with Gasteiger partial charge < -0.3 is 15.5 Å². The van der Waals surface area contributed by atoms with Crippen LogP contribution in [0.4, 0.5) is 0 Å². The molecule has 0 aliphatic heterocycles. The molecule has 2 unspecified atom stereocenters. The number of hydrogen-bond donors (Lipinski definition) is 2. The molecule has 0 bridgehead atoms. The summed E-state index contributed by atoms with van der Waals surface area (Å²) in [6.45, 7) is 9.56. The normalized spacial score (nSPS) is 15.0. The smallest absolute Gasteiger partial charge is 0.191 e. The molecule has 1 aromatic heterocycles. The SMILES string of the molecule is CCC(C)N(C)CCNC(=NC)NCC(C)c1cccs1. The number of nitrogens with zero attached hydrogens (tertiary/aromatic N) is 2. The van der Waals surface area contributed by atoms with Gasteiger partial charge in [-0.3, -0.25) is 4.99 Å². The maximum atomic E-state index is 4.28. The van der Waals surface area contributed by atoms with Gasteiger partial charge in [0.25, 0.3) is 0 Å². The van der Waals surface area contributed by atoms with Gasteiger partial charge in [-0.25, -0.2) is 0 Å². The van der Waals surface area contributed by atoms with E-state index in [0.717, 1.165) is 25.6 Å². The first-order valence-electron chi connectivity index (χ1n) is 7.76. The van der Waals surface area contributed by atoms with Crippen LogP contribution in [-0.2, 0) is 0 Å². The Kier molecular flexibility index (Phi) is 8.38. The lowest BCUT2D eigenvalue weighted by Crippen LogP contribution is -2.43. The molecule has 0 saturated heterocycles. The first-order valence-corrected chi connectivity index (χ1v) is 8.64. The Balaban J connectivity index is 2.26. The van der Waals surface area contributed by atoms with Gasteiger partial charge in [0.1, 0.15) is 0 Å². The summed E-state index contributed by atoms with van der Waals surface area (Å²) < 4.78 is 0. The highest BCUT2D eigenvalue weighted by Crippen LogP contribution is 2.19. The summed E-state index contributed by atoms with van der Waals surface area (Å²) in [5.74, 6) is 1.39. The zero-order valence-corrected chi connectivity index (χ0v) is 14.8. The van der Waals surface area contributed by atoms with Crippen molar-refractivity contribution in [3.05, 3.63) is 22.4 Å². The molecule has 21 heavy (non-hydrogen) atoms. The highest BCUT2D eigenvalue weighted by Gasteiger charge is 2.08. The maximum Gasteiger partial charge on any atom is 0.191 e. The first-order chi connectivity index (χ1) is 10.1. The second kappa shape index (κ2) is 9.79. The van der Waals surface area contributed by atoms with Crippen LogP contribution >= 0.6 is 11.3 Å². The van der Waals surface area contributed by atoms with Crippen LogP contribution in [0.5, 0.6) is 0 Å². The fourth-order valence-corrected chi connectivity index (χ4v) is 2.81. The molecule has 0 radical (unpaired) electrons. The van der Waals surface area contributed by atoms with E-state index in [1.54, 1.807) is 0 Å². The standard InChI is InChI=1S/C16H30N4S/c1-6-14(3)20(5)10-9-18-16(17-4)19-12-13(2)15-8-7-11-21-15/h7-8,11,13-14H,6,9-10,12H2,1-5H3,(H2,17,18,19). The number of likely N-dealkylation sites (N-methyl/N-ethyl adjacent to an activating group) is 1. The van der Waals surface area contributed by atoms with E-state index in [-0.39, 0.29) is 0 Å². The Morgan fingerprint density at radius 2 is 2.14 bits per heavy atom. The van der Waals surface area contributed by atoms with Gasteiger partial charge in [0.15, 0.2) is 5.96 Å². The zero-order valence-electron chi connectivity index (χ0n) is 14.0. The van der Waals surface area contributed by atoms with Crippen molar-refractivity contribution in [1.82, 2.24) is 15.5 Å². The Bertz CT molecular complexity index is 402. The van der Waals surface area contributed by atoms with Crippen LogP contribution in [-0.4, -0.2) is 50.6 Å². The minimum absolute atomic E-state index is 0.506. The van der Waals surface area contributed by atoms with Crippen molar-refractivity contribution in [2.24, 2.45) is 4.99 Å². The summed E-state index contributed by atoms with van der Waals surface area (Å²) in [5.41, 5.74) is 0. The third kappa shape index (κ3) is 6.48. The van der Waals surface area contributed by atoms with Crippen molar-refractivity contribution in [2.75, 3.05) is 33.7 Å². The molecule has 0 aliphatic carbocycles. The maximum absolute atomic E-state index is 4.28. The lowest BCUT2D eigenvalue weighted by molar-refractivity contribution is 0.255. The Hall–Kier alpha value is -1.07. The Morgan fingerprint density at radius 3 is 2.71 bits per heavy atom. The average molecular weight is 311 g/mol. The summed E-state index contributed by atoms with van der Waals surface area (Å²) in [6, 6.07) is 4.92. The van der Waals surface area contributed by atoms with E-state index in [2.05, 4.69) is 65.9 Å². The summed E-state index contributed by atoms with van der Waals surface area (Å²) in [4.78, 5) is 8.06. The van der Waals surface area contributed by atoms with Crippen LogP contribution in [0.15, 0.2) is 22.5 Å². The van der Waals surface area contributed by atoms with Gasteiger partial charge in [0.05, 0.1) is 0 Å². The molecule has 0 aliphatic rings. The Labute approximate surface area is 133 Å². The molecule has 2 N–H and O–H groups in total. The molecule has 0 amide bonds. The monoisotopic (exact) mass is 310 g/mol. The van der Waals surface area contributed by atoms with Crippen molar-refractivity contribution in [1.29, 1.82) is 0 Å². The fraction of sp³-hybridized carbons (Fsp3) is 0.688. The van der Waals surface area contributed by atoms with Gasteiger partial charge in [-0.1, -0.05) is 19.9 Å². The van der Waals surface area contributed by atoms with Gasteiger partial charge in [-0.05, 0) is 31.8 Å². The summed E-state index contributed by atoms with van der Waals surface area (Å²) in [7, 11) is 3.99. The number of guanidine groups is 1. The lowest BCUT2D eigenvalue weighted by Gasteiger charge is -2.24. The van der Waals surface area contributed by atoms with Gasteiger partial charge in [0.2, 0.25) is 0 Å². The topological polar surface area (TPSA) is 39.7 Å². The quantitative estimate of drug-likeness (QED) is 0.573. The van der Waals surface area contributed by atoms with E-state index in [4.69, 9.17) is 0 Å². The van der Waals surface area contributed by atoms with Gasteiger partial charge >= 0.3 is 0 Å². The van der Waals surface area contributed by atoms with Crippen LogP contribution < -0.4 is 10.6 Å². The van der Waals surface area contributed by atoms with Crippen molar-refractivity contribution in [3.8, 4) is 0 Å². The van der Waals surface area contributed by atoms with Crippen molar-refractivity contribution in [2.45, 2.75) is 39.2 Å². The van der Waals surface area contributed by atoms with E-state index in [9.17, 15) is 0 Å². The van der Waals surface area contributed by atoms with Gasteiger partial charge in [0, 0.05) is 43.5 Å². The molecule has 1 heterocycles. The summed E-state index contributed by atoms with van der Waals surface area (Å²) >= 11 is 1.81. The molecule has 0 spiro atoms. The first kappa shape index (κ1) is 18.0. The van der Waals surface area contributed by atoms with Crippen LogP contribution in [0.25, 0.3) is 0 Å². The van der Waals surface area contributed by atoms with Crippen LogP contribution in [0.3, 0.4) is 0 Å². The van der Waals surface area contributed by atoms with E-state index in [1.807, 2.05) is 18.4 Å². The number of aliphatic imine (C=N–C) groups is 1. The molecule has 0 saturated carbocycles. The second-order valence-electron chi connectivity index (χ2n) is 5.53. The summed E-state index contributed by atoms with van der Waals surface area (Å²) in [5, 5.41) is 8.91. The molecular formula is C16H30N4S. The van der Waals surface area contributed by atoms with E-state index in [0.29, 0.717) is 12.0 Å². The number of thiophene rings is 1. The van der Waals surface area contributed by atoms with Crippen LogP contribution in [0, 0.1) is 0 Å². The minimum atomic E-state index is 0.506. The van der Waals surface area contributed by atoms with Crippen molar-refractivity contribution in [3.63, 3.8) is 0 Å². The predicted octanol–water partition coefficient (Wildman–Crippen LogP) is 2.75. The van der Waals surface area contributed by atoms with Gasteiger partial charge in [-0.15, -0.1) is 11.3 Å². The minimum Gasteiger partial charge on any atom is -0.356 e. The third-order valence-corrected chi connectivity index (χ3v) is 5.03. The number of hydrogen-bond acceptors (Lipinski definition) is 3. The second-order valence-corrected chi connectivity index (χ2v) is 6.51. The molecule has 2 atom stereocenters. The predicted molar refractivity (Wildman–Crippen MR) is 94.5 cm³/mol. The molecule has 5 heteroatoms. The van der Waals surface area contributed by atoms with Crippen LogP contribution in [0.1, 0.15) is 38.0 Å². The van der Waals surface area contributed by atoms with Crippen molar-refractivity contribution < 1.29 is 0 Å². The van der Waals surface area contributed by atoms with Crippen molar-refractivity contribution >= 4 is 17.3 Å². The average Bonchev–Trinajstić information content (AvgIpc) is 3.03. The molecule has 1 aromatic rings. The van der Waals surface area contributed by atoms with Gasteiger partial charge in [-0.2, -0.15) is 0 Å². The van der Waals surface area contributed by atoms with Crippen LogP contribution in [0.2, 0.25) is 0 Å². The Morgan fingerprint density at radius 1 is 1.38 bits per heavy atom. The molecule has 120 valence electrons. The highest BCUT2D eigenvalue weighted by atomic mass is 32.1. The lowest BCUT2D eigenvalue weighted by atomic mass is 10.1. The highest BCUT2D eigenvalue weighted by molar-refractivity contribution is 7.10. The number of nitrogens with one attached hydrogen (secondary N) is 2. The van der Waals surface area contributed by atoms with E-state index >= 15 is 0 Å². The molecule has 0 fully saturated rings. The number of rotatable bonds is 8. The third-order valence-electron chi connectivity index (χ3n) is 3.93. The largest absolute Gasteiger partial charge is 0.356 e. The van der Waals surface area contributed by atoms with E-state index in [1.165, 1.54) is 11.3 Å². The molecule has 0 aromatic carbocycles. The fourth-order valence-electron chi connectivity index (χ4n) is 2.03. The molecule has 4 nitrogen and oxygen atoms in total. The molecule has 1 rings (SSSR count). The molecular weight excluding hydrogens is 280 g/mol.